The zero-order chi connectivity index (χ0) is 15.4. The summed E-state index contributed by atoms with van der Waals surface area (Å²) in [6.07, 6.45) is 8.06. The van der Waals surface area contributed by atoms with E-state index in [9.17, 15) is 0 Å². The number of rotatable bonds is 6. The SMILES string of the molecule is CC(C)CNCC1CCC(C(C)C)CC1c1nccn1C. The van der Waals surface area contributed by atoms with Crippen molar-refractivity contribution in [3.05, 3.63) is 18.2 Å². The van der Waals surface area contributed by atoms with Gasteiger partial charge in [-0.2, -0.15) is 0 Å². The number of aromatic nitrogens is 2. The van der Waals surface area contributed by atoms with E-state index in [4.69, 9.17) is 0 Å². The maximum atomic E-state index is 4.66. The first-order valence-corrected chi connectivity index (χ1v) is 8.67. The van der Waals surface area contributed by atoms with E-state index in [1.165, 1.54) is 25.1 Å². The van der Waals surface area contributed by atoms with Gasteiger partial charge in [0.05, 0.1) is 0 Å². The van der Waals surface area contributed by atoms with Gasteiger partial charge in [0, 0.05) is 25.4 Å². The lowest BCUT2D eigenvalue weighted by atomic mass is 9.70. The minimum Gasteiger partial charge on any atom is -0.338 e. The molecule has 1 aliphatic rings. The molecule has 0 radical (unpaired) electrons. The van der Waals surface area contributed by atoms with Gasteiger partial charge >= 0.3 is 0 Å². The first kappa shape index (κ1) is 16.5. The van der Waals surface area contributed by atoms with Crippen LogP contribution in [0.1, 0.15) is 58.7 Å². The van der Waals surface area contributed by atoms with E-state index in [1.54, 1.807) is 0 Å². The lowest BCUT2D eigenvalue weighted by Crippen LogP contribution is -2.35. The van der Waals surface area contributed by atoms with Crippen molar-refractivity contribution < 1.29 is 0 Å². The van der Waals surface area contributed by atoms with Gasteiger partial charge in [0.1, 0.15) is 5.82 Å². The molecule has 1 fully saturated rings. The van der Waals surface area contributed by atoms with Gasteiger partial charge in [-0.05, 0) is 56.0 Å². The molecule has 0 aromatic carbocycles. The molecule has 0 aliphatic heterocycles. The molecule has 3 heteroatoms. The second kappa shape index (κ2) is 7.44. The lowest BCUT2D eigenvalue weighted by Gasteiger charge is -2.38. The Hall–Kier alpha value is -0.830. The Morgan fingerprint density at radius 2 is 2.05 bits per heavy atom. The van der Waals surface area contributed by atoms with E-state index in [2.05, 4.69) is 55.8 Å². The monoisotopic (exact) mass is 291 g/mol. The molecule has 1 aromatic rings. The molecule has 1 aliphatic carbocycles. The normalized spacial score (nSPS) is 26.7. The lowest BCUT2D eigenvalue weighted by molar-refractivity contribution is 0.183. The van der Waals surface area contributed by atoms with E-state index in [-0.39, 0.29) is 0 Å². The second-order valence-corrected chi connectivity index (χ2v) is 7.63. The van der Waals surface area contributed by atoms with Crippen molar-refractivity contribution in [3.8, 4) is 0 Å². The molecule has 0 saturated heterocycles. The summed E-state index contributed by atoms with van der Waals surface area (Å²) < 4.78 is 2.23. The topological polar surface area (TPSA) is 29.9 Å². The Morgan fingerprint density at radius 3 is 2.62 bits per heavy atom. The van der Waals surface area contributed by atoms with Gasteiger partial charge in [-0.25, -0.2) is 4.98 Å². The highest BCUT2D eigenvalue weighted by Crippen LogP contribution is 2.42. The number of imidazole rings is 1. The van der Waals surface area contributed by atoms with Gasteiger partial charge in [-0.15, -0.1) is 0 Å². The Kier molecular flexibility index (Phi) is 5.86. The van der Waals surface area contributed by atoms with Gasteiger partial charge in [0.25, 0.3) is 0 Å². The molecule has 3 atom stereocenters. The largest absolute Gasteiger partial charge is 0.338 e. The van der Waals surface area contributed by atoms with E-state index in [1.807, 2.05) is 6.20 Å². The van der Waals surface area contributed by atoms with Crippen LogP contribution in [-0.4, -0.2) is 22.6 Å². The molecular formula is C18H33N3. The quantitative estimate of drug-likeness (QED) is 0.863. The van der Waals surface area contributed by atoms with E-state index >= 15 is 0 Å². The highest BCUT2D eigenvalue weighted by molar-refractivity contribution is 5.05. The third kappa shape index (κ3) is 4.32. The Bertz CT molecular complexity index is 420. The summed E-state index contributed by atoms with van der Waals surface area (Å²) in [5.41, 5.74) is 0. The van der Waals surface area contributed by atoms with Crippen LogP contribution in [0, 0.1) is 23.7 Å². The number of hydrogen-bond acceptors (Lipinski definition) is 2. The fraction of sp³-hybridized carbons (Fsp3) is 0.833. The highest BCUT2D eigenvalue weighted by Gasteiger charge is 2.34. The summed E-state index contributed by atoms with van der Waals surface area (Å²) in [4.78, 5) is 4.66. The maximum absolute atomic E-state index is 4.66. The number of aryl methyl sites for hydroxylation is 1. The summed E-state index contributed by atoms with van der Waals surface area (Å²) in [5, 5.41) is 3.67. The molecule has 1 heterocycles. The van der Waals surface area contributed by atoms with Crippen LogP contribution < -0.4 is 5.32 Å². The van der Waals surface area contributed by atoms with E-state index < -0.39 is 0 Å². The van der Waals surface area contributed by atoms with Crippen LogP contribution in [0.4, 0.5) is 0 Å². The van der Waals surface area contributed by atoms with Crippen LogP contribution in [0.15, 0.2) is 12.4 Å². The predicted molar refractivity (Wildman–Crippen MR) is 89.3 cm³/mol. The molecule has 1 N–H and O–H groups in total. The molecular weight excluding hydrogens is 258 g/mol. The smallest absolute Gasteiger partial charge is 0.111 e. The Balaban J connectivity index is 2.05. The van der Waals surface area contributed by atoms with Crippen molar-refractivity contribution in [2.75, 3.05) is 13.1 Å². The minimum absolute atomic E-state index is 0.616. The zero-order valence-electron chi connectivity index (χ0n) is 14.5. The number of hydrogen-bond donors (Lipinski definition) is 1. The molecule has 21 heavy (non-hydrogen) atoms. The molecule has 2 rings (SSSR count). The number of nitrogens with zero attached hydrogens (tertiary/aromatic N) is 2. The van der Waals surface area contributed by atoms with Gasteiger partial charge < -0.3 is 9.88 Å². The fourth-order valence-corrected chi connectivity index (χ4v) is 3.72. The summed E-state index contributed by atoms with van der Waals surface area (Å²) in [6, 6.07) is 0. The summed E-state index contributed by atoms with van der Waals surface area (Å²) in [6.45, 7) is 11.6. The van der Waals surface area contributed by atoms with Crippen LogP contribution in [0.25, 0.3) is 0 Å². The molecule has 0 amide bonds. The third-order valence-electron chi connectivity index (χ3n) is 5.13. The predicted octanol–water partition coefficient (Wildman–Crippen LogP) is 3.82. The van der Waals surface area contributed by atoms with Crippen molar-refractivity contribution in [2.45, 2.75) is 52.9 Å². The van der Waals surface area contributed by atoms with Crippen molar-refractivity contribution in [1.29, 1.82) is 0 Å². The molecule has 3 unspecified atom stereocenters. The van der Waals surface area contributed by atoms with Gasteiger partial charge in [0.15, 0.2) is 0 Å². The average Bonchev–Trinajstić information content (AvgIpc) is 2.84. The third-order valence-corrected chi connectivity index (χ3v) is 5.13. The van der Waals surface area contributed by atoms with Crippen molar-refractivity contribution in [2.24, 2.45) is 30.7 Å². The Morgan fingerprint density at radius 1 is 1.29 bits per heavy atom. The molecule has 1 saturated carbocycles. The van der Waals surface area contributed by atoms with Crippen molar-refractivity contribution in [1.82, 2.24) is 14.9 Å². The fourth-order valence-electron chi connectivity index (χ4n) is 3.72. The van der Waals surface area contributed by atoms with Crippen LogP contribution in [-0.2, 0) is 7.05 Å². The van der Waals surface area contributed by atoms with Crippen LogP contribution in [0.3, 0.4) is 0 Å². The molecule has 1 aromatic heterocycles. The minimum atomic E-state index is 0.616. The van der Waals surface area contributed by atoms with Crippen LogP contribution in [0.2, 0.25) is 0 Å². The first-order valence-electron chi connectivity index (χ1n) is 8.67. The summed E-state index contributed by atoms with van der Waals surface area (Å²) in [7, 11) is 2.14. The maximum Gasteiger partial charge on any atom is 0.111 e. The summed E-state index contributed by atoms with van der Waals surface area (Å²) >= 11 is 0. The second-order valence-electron chi connectivity index (χ2n) is 7.63. The first-order chi connectivity index (χ1) is 9.99. The highest BCUT2D eigenvalue weighted by atomic mass is 15.0. The number of nitrogens with one attached hydrogen (secondary N) is 1. The summed E-state index contributed by atoms with van der Waals surface area (Å²) in [5.74, 6) is 5.01. The van der Waals surface area contributed by atoms with Crippen LogP contribution in [0.5, 0.6) is 0 Å². The zero-order valence-corrected chi connectivity index (χ0v) is 14.5. The van der Waals surface area contributed by atoms with E-state index in [0.717, 1.165) is 36.8 Å². The van der Waals surface area contributed by atoms with Crippen molar-refractivity contribution in [3.63, 3.8) is 0 Å². The molecule has 0 bridgehead atoms. The molecule has 120 valence electrons. The van der Waals surface area contributed by atoms with Crippen molar-refractivity contribution >= 4 is 0 Å². The van der Waals surface area contributed by atoms with Gasteiger partial charge in [0.2, 0.25) is 0 Å². The van der Waals surface area contributed by atoms with Gasteiger partial charge in [-0.1, -0.05) is 27.7 Å². The Labute approximate surface area is 130 Å². The molecule has 3 nitrogen and oxygen atoms in total. The molecule has 0 spiro atoms. The van der Waals surface area contributed by atoms with E-state index in [0.29, 0.717) is 5.92 Å². The average molecular weight is 291 g/mol. The van der Waals surface area contributed by atoms with Gasteiger partial charge in [-0.3, -0.25) is 0 Å². The van der Waals surface area contributed by atoms with Crippen LogP contribution >= 0.6 is 0 Å². The standard InChI is InChI=1S/C18H33N3/c1-13(2)11-19-12-16-7-6-15(14(3)4)10-17(16)18-20-8-9-21(18)5/h8-9,13-17,19H,6-7,10-12H2,1-5H3.